The van der Waals surface area contributed by atoms with Crippen LogP contribution < -0.4 is 14.8 Å². The molecule has 1 atom stereocenters. The molecule has 0 fully saturated rings. The van der Waals surface area contributed by atoms with Crippen molar-refractivity contribution < 1.29 is 19.1 Å². The third-order valence-corrected chi connectivity index (χ3v) is 5.15. The summed E-state index contributed by atoms with van der Waals surface area (Å²) in [5.41, 5.74) is 2.15. The summed E-state index contributed by atoms with van der Waals surface area (Å²) in [6.45, 7) is 6.35. The molecular weight excluding hydrogens is 380 g/mol. The van der Waals surface area contributed by atoms with Gasteiger partial charge in [0.2, 0.25) is 18.6 Å². The molecule has 0 aliphatic carbocycles. The van der Waals surface area contributed by atoms with Crippen LogP contribution in [0, 0.1) is 0 Å². The van der Waals surface area contributed by atoms with Gasteiger partial charge in [-0.25, -0.2) is 0 Å². The average Bonchev–Trinajstić information content (AvgIpc) is 3.20. The monoisotopic (exact) mass is 410 g/mol. The summed E-state index contributed by atoms with van der Waals surface area (Å²) in [7, 11) is 0. The molecule has 0 bridgehead atoms. The number of aryl methyl sites for hydroxylation is 1. The summed E-state index contributed by atoms with van der Waals surface area (Å²) in [6.07, 6.45) is 1.61. The maximum atomic E-state index is 13.1. The molecule has 2 amide bonds. The van der Waals surface area contributed by atoms with Crippen LogP contribution in [0.5, 0.6) is 11.5 Å². The van der Waals surface area contributed by atoms with Gasteiger partial charge >= 0.3 is 0 Å². The lowest BCUT2D eigenvalue weighted by molar-refractivity contribution is -0.140. The van der Waals surface area contributed by atoms with Crippen LogP contribution in [0.1, 0.15) is 38.3 Å². The van der Waals surface area contributed by atoms with Crippen molar-refractivity contribution in [3.05, 3.63) is 59.7 Å². The molecule has 1 aliphatic rings. The summed E-state index contributed by atoms with van der Waals surface area (Å²) in [6, 6.07) is 15.2. The second-order valence-electron chi connectivity index (χ2n) is 7.85. The van der Waals surface area contributed by atoms with Crippen LogP contribution >= 0.6 is 0 Å². The normalized spacial score (nSPS) is 13.2. The number of ether oxygens (including phenoxy) is 2. The highest BCUT2D eigenvalue weighted by Crippen LogP contribution is 2.32. The summed E-state index contributed by atoms with van der Waals surface area (Å²) < 4.78 is 10.8. The largest absolute Gasteiger partial charge is 0.454 e. The summed E-state index contributed by atoms with van der Waals surface area (Å²) in [4.78, 5) is 27.4. The lowest BCUT2D eigenvalue weighted by atomic mass is 10.1. The van der Waals surface area contributed by atoms with E-state index in [2.05, 4.69) is 5.32 Å². The van der Waals surface area contributed by atoms with Crippen molar-refractivity contribution in [2.45, 2.75) is 52.1 Å². The quantitative estimate of drug-likeness (QED) is 0.689. The van der Waals surface area contributed by atoms with Crippen molar-refractivity contribution in [1.29, 1.82) is 0 Å². The number of hydrogen-bond acceptors (Lipinski definition) is 4. The highest BCUT2D eigenvalue weighted by molar-refractivity contribution is 5.87. The second kappa shape index (κ2) is 10.1. The van der Waals surface area contributed by atoms with Gasteiger partial charge in [0.15, 0.2) is 11.5 Å². The molecule has 0 unspecified atom stereocenters. The van der Waals surface area contributed by atoms with Gasteiger partial charge in [-0.1, -0.05) is 36.4 Å². The van der Waals surface area contributed by atoms with Crippen molar-refractivity contribution in [3.63, 3.8) is 0 Å². The van der Waals surface area contributed by atoms with Crippen LogP contribution in [0.15, 0.2) is 48.5 Å². The van der Waals surface area contributed by atoms with Crippen LogP contribution in [0.2, 0.25) is 0 Å². The van der Waals surface area contributed by atoms with Crippen LogP contribution in [0.3, 0.4) is 0 Å². The minimum atomic E-state index is -0.527. The minimum absolute atomic E-state index is 0.0275. The Morgan fingerprint density at radius 2 is 1.70 bits per heavy atom. The zero-order chi connectivity index (χ0) is 21.5. The molecule has 6 heteroatoms. The number of rotatable bonds is 9. The van der Waals surface area contributed by atoms with Crippen LogP contribution in [-0.4, -0.2) is 42.1 Å². The summed E-state index contributed by atoms with van der Waals surface area (Å²) in [5, 5.41) is 2.91. The number of benzene rings is 2. The van der Waals surface area contributed by atoms with Crippen LogP contribution in [-0.2, 0) is 22.4 Å². The van der Waals surface area contributed by atoms with Gasteiger partial charge in [-0.15, -0.1) is 0 Å². The van der Waals surface area contributed by atoms with Crippen molar-refractivity contribution >= 4 is 11.8 Å². The molecule has 160 valence electrons. The smallest absolute Gasteiger partial charge is 0.242 e. The molecule has 1 heterocycles. The van der Waals surface area contributed by atoms with Gasteiger partial charge in [0, 0.05) is 19.0 Å². The Labute approximate surface area is 178 Å². The molecule has 0 radical (unpaired) electrons. The van der Waals surface area contributed by atoms with Gasteiger partial charge < -0.3 is 19.7 Å². The molecule has 1 N–H and O–H groups in total. The van der Waals surface area contributed by atoms with Gasteiger partial charge in [0.05, 0.1) is 0 Å². The van der Waals surface area contributed by atoms with E-state index >= 15 is 0 Å². The number of carbonyl (C=O) groups excluding carboxylic acids is 2. The van der Waals surface area contributed by atoms with Gasteiger partial charge in [-0.2, -0.15) is 0 Å². The van der Waals surface area contributed by atoms with E-state index < -0.39 is 6.04 Å². The molecule has 3 rings (SSSR count). The Morgan fingerprint density at radius 3 is 2.43 bits per heavy atom. The molecule has 2 aromatic rings. The Balaban J connectivity index is 1.65. The van der Waals surface area contributed by atoms with Gasteiger partial charge in [0.25, 0.3) is 0 Å². The first-order chi connectivity index (χ1) is 14.4. The highest BCUT2D eigenvalue weighted by atomic mass is 16.7. The fourth-order valence-corrected chi connectivity index (χ4v) is 3.47. The topological polar surface area (TPSA) is 67.9 Å². The van der Waals surface area contributed by atoms with E-state index in [9.17, 15) is 9.59 Å². The lowest BCUT2D eigenvalue weighted by Gasteiger charge is -2.29. The average molecular weight is 411 g/mol. The van der Waals surface area contributed by atoms with Gasteiger partial charge in [0.1, 0.15) is 6.04 Å². The number of fused-ring (bicyclic) bond motifs is 1. The van der Waals surface area contributed by atoms with Crippen molar-refractivity contribution in [2.75, 3.05) is 13.3 Å². The van der Waals surface area contributed by atoms with Crippen LogP contribution in [0.25, 0.3) is 0 Å². The third kappa shape index (κ3) is 5.75. The fourth-order valence-electron chi connectivity index (χ4n) is 3.47. The summed E-state index contributed by atoms with van der Waals surface area (Å²) in [5.74, 6) is 1.28. The van der Waals surface area contributed by atoms with Crippen molar-refractivity contribution in [3.8, 4) is 11.5 Å². The van der Waals surface area contributed by atoms with E-state index in [-0.39, 0.29) is 24.6 Å². The Morgan fingerprint density at radius 1 is 0.967 bits per heavy atom. The maximum absolute atomic E-state index is 13.1. The summed E-state index contributed by atoms with van der Waals surface area (Å²) >= 11 is 0. The first-order valence-corrected chi connectivity index (χ1v) is 10.5. The van der Waals surface area contributed by atoms with E-state index in [1.165, 1.54) is 0 Å². The third-order valence-electron chi connectivity index (χ3n) is 5.15. The second-order valence-corrected chi connectivity index (χ2v) is 7.85. The first-order valence-electron chi connectivity index (χ1n) is 10.5. The van der Waals surface area contributed by atoms with Crippen molar-refractivity contribution in [2.24, 2.45) is 0 Å². The zero-order valence-corrected chi connectivity index (χ0v) is 17.9. The molecule has 6 nitrogen and oxygen atoms in total. The number of carbonyl (C=O) groups is 2. The van der Waals surface area contributed by atoms with Crippen molar-refractivity contribution in [1.82, 2.24) is 10.2 Å². The van der Waals surface area contributed by atoms with E-state index in [0.29, 0.717) is 31.6 Å². The minimum Gasteiger partial charge on any atom is -0.454 e. The standard InChI is InChI=1S/C24H30N2O4/c1-17(2)25-24(28)18(3)26(14-13-19-7-5-4-6-8-19)23(27)12-10-20-9-11-21-22(15-20)30-16-29-21/h4-9,11,15,17-18H,10,12-14,16H2,1-3H3,(H,25,28)/t18-/m0/s1. The Bertz CT molecular complexity index is 867. The van der Waals surface area contributed by atoms with E-state index in [1.54, 1.807) is 11.8 Å². The lowest BCUT2D eigenvalue weighted by Crippen LogP contribution is -2.50. The van der Waals surface area contributed by atoms with Crippen LogP contribution in [0.4, 0.5) is 0 Å². The molecule has 30 heavy (non-hydrogen) atoms. The molecule has 1 aliphatic heterocycles. The molecule has 0 saturated heterocycles. The van der Waals surface area contributed by atoms with Gasteiger partial charge in [-0.05, 0) is 56.9 Å². The molecule has 0 saturated carbocycles. The Kier molecular flexibility index (Phi) is 7.33. The molecule has 2 aromatic carbocycles. The molecule has 0 spiro atoms. The maximum Gasteiger partial charge on any atom is 0.242 e. The highest BCUT2D eigenvalue weighted by Gasteiger charge is 2.26. The predicted octanol–water partition coefficient (Wildman–Crippen LogP) is 3.33. The predicted molar refractivity (Wildman–Crippen MR) is 115 cm³/mol. The SMILES string of the molecule is CC(C)NC(=O)[C@H](C)N(CCc1ccccc1)C(=O)CCc1ccc2c(c1)OCO2. The van der Waals surface area contributed by atoms with E-state index in [0.717, 1.165) is 16.9 Å². The number of nitrogens with one attached hydrogen (secondary N) is 1. The van der Waals surface area contributed by atoms with E-state index in [4.69, 9.17) is 9.47 Å². The molecule has 0 aromatic heterocycles. The fraction of sp³-hybridized carbons (Fsp3) is 0.417. The number of hydrogen-bond donors (Lipinski definition) is 1. The van der Waals surface area contributed by atoms with Gasteiger partial charge in [-0.3, -0.25) is 9.59 Å². The van der Waals surface area contributed by atoms with E-state index in [1.807, 2.05) is 62.4 Å². The Hall–Kier alpha value is -3.02. The number of amides is 2. The zero-order valence-electron chi connectivity index (χ0n) is 17.9. The molecular formula is C24H30N2O4. The number of nitrogens with zero attached hydrogens (tertiary/aromatic N) is 1. The first kappa shape index (κ1) is 21.7.